The molecule has 0 saturated carbocycles. The average molecular weight is 196 g/mol. The Kier molecular flexibility index (Phi) is 8.30. The van der Waals surface area contributed by atoms with Crippen molar-refractivity contribution in [2.45, 2.75) is 20.8 Å². The first-order chi connectivity index (χ1) is 5.91. The van der Waals surface area contributed by atoms with Gasteiger partial charge in [-0.05, 0) is 0 Å². The predicted molar refractivity (Wildman–Crippen MR) is 42.4 cm³/mol. The molecule has 0 amide bonds. The molecule has 0 rings (SSSR count). The van der Waals surface area contributed by atoms with Crippen LogP contribution in [0.1, 0.15) is 20.8 Å². The Labute approximate surface area is 93.6 Å². The molecule has 0 heterocycles. The largest absolute Gasteiger partial charge is 1.00 e. The summed E-state index contributed by atoms with van der Waals surface area (Å²) in [5, 5.41) is 0. The Morgan fingerprint density at radius 3 is 1.14 bits per heavy atom. The van der Waals surface area contributed by atoms with Crippen molar-refractivity contribution in [1.82, 2.24) is 0 Å². The molecule has 0 saturated heterocycles. The molecule has 0 aliphatic heterocycles. The van der Waals surface area contributed by atoms with E-state index in [-0.39, 0.29) is 18.9 Å². The number of carbonyl (C=O) groups excluding carboxylic acids is 3. The van der Waals surface area contributed by atoms with E-state index in [1.807, 2.05) is 0 Å². The number of hydrogen-bond acceptors (Lipinski definition) is 6. The van der Waals surface area contributed by atoms with Gasteiger partial charge in [0.25, 0.3) is 17.9 Å². The minimum atomic E-state index is -2.41. The Bertz CT molecular complexity index is 192. The SMILES string of the molecule is CC(=O)O[BH-](OC(C)=O)OC(C)=O.[Li+]. The van der Waals surface area contributed by atoms with E-state index in [9.17, 15) is 14.4 Å². The molecule has 0 aromatic carbocycles. The van der Waals surface area contributed by atoms with Gasteiger partial charge in [-0.15, -0.1) is 0 Å². The maximum Gasteiger partial charge on any atom is 1.00 e. The molecule has 0 bridgehead atoms. The van der Waals surface area contributed by atoms with Crippen LogP contribution < -0.4 is 18.9 Å². The van der Waals surface area contributed by atoms with Crippen LogP contribution in [0.15, 0.2) is 0 Å². The van der Waals surface area contributed by atoms with Gasteiger partial charge in [-0.25, -0.2) is 0 Å². The van der Waals surface area contributed by atoms with Crippen molar-refractivity contribution >= 4 is 25.2 Å². The predicted octanol–water partition coefficient (Wildman–Crippen LogP) is -3.60. The first-order valence-electron chi connectivity index (χ1n) is 3.59. The fourth-order valence-corrected chi connectivity index (χ4v) is 0.586. The summed E-state index contributed by atoms with van der Waals surface area (Å²) in [6.07, 6.45) is 0. The van der Waals surface area contributed by atoms with Crippen LogP contribution in [0, 0.1) is 0 Å². The molecule has 0 N–H and O–H groups in total. The molecule has 0 aromatic rings. The van der Waals surface area contributed by atoms with E-state index >= 15 is 0 Å². The Balaban J connectivity index is 0. The maximum atomic E-state index is 10.4. The van der Waals surface area contributed by atoms with Crippen molar-refractivity contribution in [1.29, 1.82) is 0 Å². The van der Waals surface area contributed by atoms with Gasteiger partial charge < -0.3 is 14.0 Å². The minimum absolute atomic E-state index is 0. The molecule has 6 nitrogen and oxygen atoms in total. The van der Waals surface area contributed by atoms with Gasteiger partial charge in [-0.3, -0.25) is 14.4 Å². The maximum absolute atomic E-state index is 10.4. The van der Waals surface area contributed by atoms with E-state index in [2.05, 4.69) is 14.0 Å². The van der Waals surface area contributed by atoms with Gasteiger partial charge >= 0.3 is 26.2 Å². The van der Waals surface area contributed by atoms with Crippen molar-refractivity contribution in [2.24, 2.45) is 0 Å². The Morgan fingerprint density at radius 2 is 1.00 bits per heavy atom. The summed E-state index contributed by atoms with van der Waals surface area (Å²) in [6, 6.07) is 0. The van der Waals surface area contributed by atoms with Crippen LogP contribution in [-0.4, -0.2) is 25.2 Å². The normalized spacial score (nSPS) is 8.57. The van der Waals surface area contributed by atoms with Crippen LogP contribution in [0.4, 0.5) is 0 Å². The van der Waals surface area contributed by atoms with E-state index < -0.39 is 25.2 Å². The van der Waals surface area contributed by atoms with Gasteiger partial charge in [0.05, 0.1) is 0 Å². The van der Waals surface area contributed by atoms with Gasteiger partial charge in [0.2, 0.25) is 0 Å². The second kappa shape index (κ2) is 7.47. The van der Waals surface area contributed by atoms with Crippen LogP contribution >= 0.6 is 0 Å². The molecule has 0 spiro atoms. The minimum Gasteiger partial charge on any atom is -0.625 e. The van der Waals surface area contributed by atoms with Crippen LogP contribution in [0.25, 0.3) is 0 Å². The molecule has 0 aliphatic rings. The molecule has 0 aliphatic carbocycles. The molecule has 0 fully saturated rings. The first-order valence-corrected chi connectivity index (χ1v) is 3.59. The van der Waals surface area contributed by atoms with Crippen molar-refractivity contribution < 1.29 is 47.2 Å². The molecule has 0 aromatic heterocycles. The molecule has 0 atom stereocenters. The quantitative estimate of drug-likeness (QED) is 0.434. The molecule has 0 radical (unpaired) electrons. The zero-order valence-electron chi connectivity index (χ0n) is 8.66. The first kappa shape index (κ1) is 15.5. The summed E-state index contributed by atoms with van der Waals surface area (Å²) in [7, 11) is -2.41. The summed E-state index contributed by atoms with van der Waals surface area (Å²) in [4.78, 5) is 31.3. The van der Waals surface area contributed by atoms with Gasteiger partial charge in [-0.1, -0.05) is 0 Å². The summed E-state index contributed by atoms with van der Waals surface area (Å²) in [5.41, 5.74) is 0. The zero-order chi connectivity index (χ0) is 10.4. The summed E-state index contributed by atoms with van der Waals surface area (Å²) in [5.74, 6) is -2.03. The third kappa shape index (κ3) is 9.16. The van der Waals surface area contributed by atoms with E-state index in [1.165, 1.54) is 0 Å². The third-order valence-corrected chi connectivity index (χ3v) is 0.963. The van der Waals surface area contributed by atoms with Crippen LogP contribution in [0.5, 0.6) is 0 Å². The van der Waals surface area contributed by atoms with Gasteiger partial charge in [0.15, 0.2) is 0 Å². The second-order valence-corrected chi connectivity index (χ2v) is 2.26. The zero-order valence-corrected chi connectivity index (χ0v) is 8.66. The van der Waals surface area contributed by atoms with Crippen LogP contribution in [-0.2, 0) is 28.3 Å². The van der Waals surface area contributed by atoms with Gasteiger partial charge in [0.1, 0.15) is 0 Å². The molecule has 8 heteroatoms. The van der Waals surface area contributed by atoms with Crippen molar-refractivity contribution in [3.05, 3.63) is 0 Å². The summed E-state index contributed by atoms with van der Waals surface area (Å²) in [6.45, 7) is 3.35. The number of rotatable bonds is 3. The topological polar surface area (TPSA) is 78.9 Å². The fraction of sp³-hybridized carbons (Fsp3) is 0.500. The summed E-state index contributed by atoms with van der Waals surface area (Å²) < 4.78 is 13.3. The molecule has 74 valence electrons. The van der Waals surface area contributed by atoms with E-state index in [0.717, 1.165) is 20.8 Å². The molecule has 0 unspecified atom stereocenters. The second-order valence-electron chi connectivity index (χ2n) is 2.26. The number of hydrogen-bond donors (Lipinski definition) is 0. The average Bonchev–Trinajstić information content (AvgIpc) is 1.80. The van der Waals surface area contributed by atoms with Crippen LogP contribution in [0.3, 0.4) is 0 Å². The Morgan fingerprint density at radius 1 is 0.786 bits per heavy atom. The monoisotopic (exact) mass is 196 g/mol. The van der Waals surface area contributed by atoms with Gasteiger partial charge in [0, 0.05) is 20.8 Å². The summed E-state index contributed by atoms with van der Waals surface area (Å²) >= 11 is 0. The smallest absolute Gasteiger partial charge is 0.625 e. The molecular formula is C6H10BLiO6. The van der Waals surface area contributed by atoms with E-state index in [4.69, 9.17) is 0 Å². The van der Waals surface area contributed by atoms with Crippen LogP contribution in [0.2, 0.25) is 0 Å². The fourth-order valence-electron chi connectivity index (χ4n) is 0.586. The molecular weight excluding hydrogens is 186 g/mol. The third-order valence-electron chi connectivity index (χ3n) is 0.963. The van der Waals surface area contributed by atoms with Gasteiger partial charge in [-0.2, -0.15) is 0 Å². The standard InChI is InChI=1S/C6H10BO6.Li/c1-4(8)11-7(12-5(2)9)13-6(3)10;/h7H,1-3H3;/q-1;+1. The van der Waals surface area contributed by atoms with Crippen molar-refractivity contribution in [3.63, 3.8) is 0 Å². The molecule has 14 heavy (non-hydrogen) atoms. The van der Waals surface area contributed by atoms with E-state index in [1.54, 1.807) is 0 Å². The van der Waals surface area contributed by atoms with E-state index in [0.29, 0.717) is 0 Å². The number of carbonyl (C=O) groups is 3. The van der Waals surface area contributed by atoms with Crippen molar-refractivity contribution in [2.75, 3.05) is 0 Å². The Hall–Kier alpha value is -0.928. The van der Waals surface area contributed by atoms with Crippen molar-refractivity contribution in [3.8, 4) is 0 Å².